The van der Waals surface area contributed by atoms with Gasteiger partial charge in [0, 0.05) is 19.4 Å². The molecule has 0 spiro atoms. The molecular formula is C12H19NO3. The van der Waals surface area contributed by atoms with Crippen LogP contribution < -0.4 is 0 Å². The number of esters is 1. The van der Waals surface area contributed by atoms with Crippen molar-refractivity contribution in [1.29, 1.82) is 0 Å². The first kappa shape index (κ1) is 11.4. The fourth-order valence-corrected chi connectivity index (χ4v) is 2.72. The standard InChI is InChI=1S/C12H19NO3/c1-7(2)8-6-9(13(3)12(8)15)10-4-5-11(14)16-10/h7-10H,4-6H2,1-3H3/t8?,9-,10-/m0/s1. The molecule has 1 unspecified atom stereocenters. The number of hydrogen-bond acceptors (Lipinski definition) is 3. The van der Waals surface area contributed by atoms with Crippen LogP contribution in [0.3, 0.4) is 0 Å². The van der Waals surface area contributed by atoms with E-state index >= 15 is 0 Å². The number of likely N-dealkylation sites (N-methyl/N-ethyl adjacent to an activating group) is 1. The molecule has 2 aliphatic heterocycles. The summed E-state index contributed by atoms with van der Waals surface area (Å²) in [6.07, 6.45) is 2.00. The van der Waals surface area contributed by atoms with E-state index in [-0.39, 0.29) is 29.9 Å². The van der Waals surface area contributed by atoms with Crippen LogP contribution in [-0.4, -0.2) is 36.0 Å². The molecule has 3 atom stereocenters. The second kappa shape index (κ2) is 4.07. The first-order chi connectivity index (χ1) is 7.50. The van der Waals surface area contributed by atoms with Crippen LogP contribution in [0.15, 0.2) is 0 Å². The van der Waals surface area contributed by atoms with Gasteiger partial charge in [-0.15, -0.1) is 0 Å². The second-order valence-electron chi connectivity index (χ2n) is 5.17. The summed E-state index contributed by atoms with van der Waals surface area (Å²) in [5.74, 6) is 0.521. The average molecular weight is 225 g/mol. The van der Waals surface area contributed by atoms with Crippen LogP contribution in [0, 0.1) is 11.8 Å². The summed E-state index contributed by atoms with van der Waals surface area (Å²) in [5.41, 5.74) is 0. The number of cyclic esters (lactones) is 1. The molecule has 2 fully saturated rings. The molecule has 0 aliphatic carbocycles. The molecule has 0 radical (unpaired) electrons. The molecule has 16 heavy (non-hydrogen) atoms. The molecule has 2 saturated heterocycles. The zero-order valence-corrected chi connectivity index (χ0v) is 10.1. The number of carbonyl (C=O) groups excluding carboxylic acids is 2. The summed E-state index contributed by atoms with van der Waals surface area (Å²) in [6.45, 7) is 4.14. The highest BCUT2D eigenvalue weighted by Gasteiger charge is 2.45. The maximum absolute atomic E-state index is 12.0. The van der Waals surface area contributed by atoms with Crippen molar-refractivity contribution in [3.63, 3.8) is 0 Å². The van der Waals surface area contributed by atoms with Crippen molar-refractivity contribution in [3.05, 3.63) is 0 Å². The fraction of sp³-hybridized carbons (Fsp3) is 0.833. The quantitative estimate of drug-likeness (QED) is 0.663. The Balaban J connectivity index is 2.07. The Morgan fingerprint density at radius 2 is 2.06 bits per heavy atom. The lowest BCUT2D eigenvalue weighted by molar-refractivity contribution is -0.145. The van der Waals surface area contributed by atoms with E-state index in [0.717, 1.165) is 12.8 Å². The van der Waals surface area contributed by atoms with Crippen LogP contribution in [0.25, 0.3) is 0 Å². The van der Waals surface area contributed by atoms with Gasteiger partial charge >= 0.3 is 5.97 Å². The van der Waals surface area contributed by atoms with Crippen LogP contribution in [0.2, 0.25) is 0 Å². The summed E-state index contributed by atoms with van der Waals surface area (Å²) < 4.78 is 5.26. The Hall–Kier alpha value is -1.06. The van der Waals surface area contributed by atoms with Crippen molar-refractivity contribution in [3.8, 4) is 0 Å². The number of hydrogen-bond donors (Lipinski definition) is 0. The van der Waals surface area contributed by atoms with Crippen molar-refractivity contribution in [2.24, 2.45) is 11.8 Å². The normalized spacial score (nSPS) is 35.0. The minimum absolute atomic E-state index is 0.0785. The van der Waals surface area contributed by atoms with Gasteiger partial charge in [-0.3, -0.25) is 9.59 Å². The smallest absolute Gasteiger partial charge is 0.306 e. The minimum atomic E-state index is -0.126. The van der Waals surface area contributed by atoms with E-state index in [9.17, 15) is 9.59 Å². The molecule has 2 aliphatic rings. The lowest BCUT2D eigenvalue weighted by atomic mass is 9.91. The number of carbonyl (C=O) groups is 2. The Morgan fingerprint density at radius 1 is 1.38 bits per heavy atom. The molecule has 2 heterocycles. The van der Waals surface area contributed by atoms with Gasteiger partial charge in [0.1, 0.15) is 6.10 Å². The lowest BCUT2D eigenvalue weighted by Gasteiger charge is -2.24. The van der Waals surface area contributed by atoms with Gasteiger partial charge in [-0.25, -0.2) is 0 Å². The largest absolute Gasteiger partial charge is 0.460 e. The van der Waals surface area contributed by atoms with E-state index in [4.69, 9.17) is 4.74 Å². The van der Waals surface area contributed by atoms with Gasteiger partial charge in [-0.2, -0.15) is 0 Å². The molecule has 4 heteroatoms. The Labute approximate surface area is 95.9 Å². The maximum atomic E-state index is 12.0. The third-order valence-electron chi connectivity index (χ3n) is 3.81. The maximum Gasteiger partial charge on any atom is 0.306 e. The van der Waals surface area contributed by atoms with Crippen molar-refractivity contribution in [2.75, 3.05) is 7.05 Å². The molecule has 0 aromatic rings. The average Bonchev–Trinajstić information content (AvgIpc) is 2.74. The van der Waals surface area contributed by atoms with E-state index in [1.54, 1.807) is 4.90 Å². The highest BCUT2D eigenvalue weighted by molar-refractivity contribution is 5.82. The van der Waals surface area contributed by atoms with Crippen molar-refractivity contribution in [1.82, 2.24) is 4.90 Å². The van der Waals surface area contributed by atoms with Crippen LogP contribution >= 0.6 is 0 Å². The highest BCUT2D eigenvalue weighted by atomic mass is 16.6. The molecule has 0 saturated carbocycles. The van der Waals surface area contributed by atoms with Crippen molar-refractivity contribution < 1.29 is 14.3 Å². The zero-order valence-electron chi connectivity index (χ0n) is 10.1. The van der Waals surface area contributed by atoms with Gasteiger partial charge < -0.3 is 9.64 Å². The third kappa shape index (κ3) is 1.81. The van der Waals surface area contributed by atoms with Gasteiger partial charge in [-0.05, 0) is 18.8 Å². The lowest BCUT2D eigenvalue weighted by Crippen LogP contribution is -2.38. The first-order valence-corrected chi connectivity index (χ1v) is 5.97. The van der Waals surface area contributed by atoms with Gasteiger partial charge in [-0.1, -0.05) is 13.8 Å². The van der Waals surface area contributed by atoms with E-state index in [1.165, 1.54) is 0 Å². The molecule has 90 valence electrons. The third-order valence-corrected chi connectivity index (χ3v) is 3.81. The summed E-state index contributed by atoms with van der Waals surface area (Å²) in [4.78, 5) is 24.8. The van der Waals surface area contributed by atoms with Crippen molar-refractivity contribution in [2.45, 2.75) is 45.3 Å². The molecule has 4 nitrogen and oxygen atoms in total. The number of nitrogens with zero attached hydrogens (tertiary/aromatic N) is 1. The van der Waals surface area contributed by atoms with Crippen LogP contribution in [0.5, 0.6) is 0 Å². The summed E-state index contributed by atoms with van der Waals surface area (Å²) in [5, 5.41) is 0. The minimum Gasteiger partial charge on any atom is -0.460 e. The van der Waals surface area contributed by atoms with Gasteiger partial charge in [0.15, 0.2) is 0 Å². The van der Waals surface area contributed by atoms with Gasteiger partial charge in [0.2, 0.25) is 5.91 Å². The number of amides is 1. The molecule has 1 amide bonds. The molecular weight excluding hydrogens is 206 g/mol. The van der Waals surface area contributed by atoms with E-state index in [2.05, 4.69) is 13.8 Å². The van der Waals surface area contributed by atoms with Crippen LogP contribution in [0.4, 0.5) is 0 Å². The monoisotopic (exact) mass is 225 g/mol. The number of rotatable bonds is 2. The van der Waals surface area contributed by atoms with E-state index < -0.39 is 0 Å². The van der Waals surface area contributed by atoms with Crippen LogP contribution in [0.1, 0.15) is 33.1 Å². The summed E-state index contributed by atoms with van der Waals surface area (Å²) in [6, 6.07) is 0.0892. The SMILES string of the molecule is CC(C)C1C[C@@H]([C@@H]2CCC(=O)O2)N(C)C1=O. The van der Waals surface area contributed by atoms with Gasteiger partial charge in [0.25, 0.3) is 0 Å². The summed E-state index contributed by atoms with van der Waals surface area (Å²) in [7, 11) is 1.82. The number of likely N-dealkylation sites (tertiary alicyclic amines) is 1. The molecule has 0 aromatic heterocycles. The highest BCUT2D eigenvalue weighted by Crippen LogP contribution is 2.34. The predicted octanol–water partition coefficient (Wildman–Crippen LogP) is 1.19. The molecule has 0 aromatic carbocycles. The topological polar surface area (TPSA) is 46.6 Å². The Kier molecular flexibility index (Phi) is 2.91. The molecule has 0 bridgehead atoms. The van der Waals surface area contributed by atoms with E-state index in [1.807, 2.05) is 7.05 Å². The zero-order chi connectivity index (χ0) is 11.9. The number of ether oxygens (including phenoxy) is 1. The van der Waals surface area contributed by atoms with Crippen molar-refractivity contribution >= 4 is 11.9 Å². The van der Waals surface area contributed by atoms with Crippen LogP contribution in [-0.2, 0) is 14.3 Å². The molecule has 2 rings (SSSR count). The van der Waals surface area contributed by atoms with Gasteiger partial charge in [0.05, 0.1) is 6.04 Å². The predicted molar refractivity (Wildman–Crippen MR) is 58.6 cm³/mol. The molecule has 0 N–H and O–H groups in total. The Morgan fingerprint density at radius 3 is 2.50 bits per heavy atom. The first-order valence-electron chi connectivity index (χ1n) is 5.97. The fourth-order valence-electron chi connectivity index (χ4n) is 2.72. The Bertz CT molecular complexity index is 313. The summed E-state index contributed by atoms with van der Waals surface area (Å²) >= 11 is 0. The second-order valence-corrected chi connectivity index (χ2v) is 5.17. The van der Waals surface area contributed by atoms with E-state index in [0.29, 0.717) is 12.3 Å².